The van der Waals surface area contributed by atoms with Gasteiger partial charge in [-0.25, -0.2) is 0 Å². The molecular formula is C12H17NO2. The Kier molecular flexibility index (Phi) is 3.11. The Bertz CT molecular complexity index is 338. The van der Waals surface area contributed by atoms with Gasteiger partial charge in [-0.1, -0.05) is 12.1 Å². The first-order chi connectivity index (χ1) is 7.31. The molecule has 0 aliphatic carbocycles. The molecule has 1 unspecified atom stereocenters. The van der Waals surface area contributed by atoms with Gasteiger partial charge in [0.05, 0.1) is 12.3 Å². The van der Waals surface area contributed by atoms with Crippen LogP contribution < -0.4 is 10.1 Å². The van der Waals surface area contributed by atoms with Crippen LogP contribution in [0, 0.1) is 0 Å². The molecule has 2 rings (SSSR count). The summed E-state index contributed by atoms with van der Waals surface area (Å²) in [4.78, 5) is 0. The van der Waals surface area contributed by atoms with Gasteiger partial charge < -0.3 is 15.2 Å². The second-order valence-electron chi connectivity index (χ2n) is 3.95. The Hall–Kier alpha value is -1.22. The van der Waals surface area contributed by atoms with Crippen LogP contribution in [-0.2, 0) is 6.42 Å². The van der Waals surface area contributed by atoms with Crippen molar-refractivity contribution in [1.82, 2.24) is 0 Å². The zero-order valence-corrected chi connectivity index (χ0v) is 8.99. The normalized spacial score (nSPS) is 19.2. The van der Waals surface area contributed by atoms with E-state index in [-0.39, 0.29) is 6.61 Å². The van der Waals surface area contributed by atoms with Crippen LogP contribution >= 0.6 is 0 Å². The monoisotopic (exact) mass is 207 g/mol. The molecule has 0 amide bonds. The third-order valence-corrected chi connectivity index (χ3v) is 2.70. The van der Waals surface area contributed by atoms with Gasteiger partial charge in [0, 0.05) is 6.04 Å². The summed E-state index contributed by atoms with van der Waals surface area (Å²) in [5.41, 5.74) is 2.41. The number of aliphatic hydroxyl groups is 1. The molecule has 0 fully saturated rings. The maximum absolute atomic E-state index is 8.74. The minimum Gasteiger partial charge on any atom is -0.489 e. The Balaban J connectivity index is 2.23. The summed E-state index contributed by atoms with van der Waals surface area (Å²) >= 11 is 0. The number of fused-ring (bicyclic) bond motifs is 1. The highest BCUT2D eigenvalue weighted by Gasteiger charge is 2.17. The fraction of sp³-hybridized carbons (Fsp3) is 0.500. The fourth-order valence-electron chi connectivity index (χ4n) is 1.92. The van der Waals surface area contributed by atoms with Crippen molar-refractivity contribution in [3.8, 4) is 5.75 Å². The molecule has 2 N–H and O–H groups in total. The van der Waals surface area contributed by atoms with Crippen molar-refractivity contribution in [3.05, 3.63) is 23.8 Å². The molecule has 0 saturated heterocycles. The van der Waals surface area contributed by atoms with Crippen molar-refractivity contribution in [1.29, 1.82) is 0 Å². The number of hydrogen-bond donors (Lipinski definition) is 2. The van der Waals surface area contributed by atoms with E-state index in [1.54, 1.807) is 0 Å². The highest BCUT2D eigenvalue weighted by atomic mass is 16.5. The minimum absolute atomic E-state index is 0.0548. The summed E-state index contributed by atoms with van der Waals surface area (Å²) < 4.78 is 5.49. The van der Waals surface area contributed by atoms with E-state index >= 15 is 0 Å². The molecule has 0 saturated carbocycles. The van der Waals surface area contributed by atoms with E-state index in [1.165, 1.54) is 5.56 Å². The van der Waals surface area contributed by atoms with Gasteiger partial charge in [0.15, 0.2) is 0 Å². The second-order valence-corrected chi connectivity index (χ2v) is 3.95. The lowest BCUT2D eigenvalue weighted by molar-refractivity contribution is 0.201. The standard InChI is InChI=1S/C12H17NO2/c1-9-5-6-10-3-2-4-11(12(10)13-9)15-8-7-14/h2-4,9,13-14H,5-8H2,1H3. The lowest BCUT2D eigenvalue weighted by Crippen LogP contribution is -2.22. The number of aliphatic hydroxyl groups excluding tert-OH is 1. The number of benzene rings is 1. The van der Waals surface area contributed by atoms with Gasteiger partial charge in [-0.3, -0.25) is 0 Å². The molecule has 1 aliphatic rings. The van der Waals surface area contributed by atoms with Crippen molar-refractivity contribution in [3.63, 3.8) is 0 Å². The summed E-state index contributed by atoms with van der Waals surface area (Å²) in [6.45, 7) is 2.58. The third kappa shape index (κ3) is 2.23. The molecule has 0 aromatic heterocycles. The Morgan fingerprint density at radius 3 is 3.20 bits per heavy atom. The largest absolute Gasteiger partial charge is 0.489 e. The summed E-state index contributed by atoms with van der Waals surface area (Å²) in [5, 5.41) is 12.2. The predicted molar refractivity (Wildman–Crippen MR) is 60.4 cm³/mol. The van der Waals surface area contributed by atoms with Gasteiger partial charge in [-0.2, -0.15) is 0 Å². The van der Waals surface area contributed by atoms with Gasteiger partial charge in [0.25, 0.3) is 0 Å². The van der Waals surface area contributed by atoms with E-state index in [0.29, 0.717) is 12.6 Å². The van der Waals surface area contributed by atoms with Crippen molar-refractivity contribution >= 4 is 5.69 Å². The number of nitrogens with one attached hydrogen (secondary N) is 1. The highest BCUT2D eigenvalue weighted by Crippen LogP contribution is 2.33. The maximum Gasteiger partial charge on any atom is 0.142 e. The first kappa shape index (κ1) is 10.3. The Morgan fingerprint density at radius 2 is 2.40 bits per heavy atom. The topological polar surface area (TPSA) is 41.5 Å². The first-order valence-electron chi connectivity index (χ1n) is 5.43. The number of ether oxygens (including phenoxy) is 1. The van der Waals surface area contributed by atoms with Crippen LogP contribution in [0.2, 0.25) is 0 Å². The molecule has 0 spiro atoms. The first-order valence-corrected chi connectivity index (χ1v) is 5.43. The van der Waals surface area contributed by atoms with Gasteiger partial charge in [0.2, 0.25) is 0 Å². The second kappa shape index (κ2) is 4.53. The van der Waals surface area contributed by atoms with Crippen LogP contribution in [0.1, 0.15) is 18.9 Å². The molecule has 0 radical (unpaired) electrons. The minimum atomic E-state index is 0.0548. The molecule has 0 bridgehead atoms. The van der Waals surface area contributed by atoms with Crippen LogP contribution in [0.5, 0.6) is 5.75 Å². The predicted octanol–water partition coefficient (Wildman–Crippen LogP) is 1.80. The number of rotatable bonds is 3. The number of aryl methyl sites for hydroxylation is 1. The molecule has 82 valence electrons. The molecule has 1 aromatic carbocycles. The molecule has 3 heteroatoms. The smallest absolute Gasteiger partial charge is 0.142 e. The molecule has 1 aromatic rings. The van der Waals surface area contributed by atoms with Gasteiger partial charge in [-0.05, 0) is 31.4 Å². The Morgan fingerprint density at radius 1 is 1.53 bits per heavy atom. The van der Waals surface area contributed by atoms with Crippen LogP contribution in [-0.4, -0.2) is 24.4 Å². The average molecular weight is 207 g/mol. The van der Waals surface area contributed by atoms with Gasteiger partial charge in [-0.15, -0.1) is 0 Å². The number of hydrogen-bond acceptors (Lipinski definition) is 3. The molecule has 1 aliphatic heterocycles. The van der Waals surface area contributed by atoms with Crippen LogP contribution in [0.4, 0.5) is 5.69 Å². The van der Waals surface area contributed by atoms with E-state index in [0.717, 1.165) is 24.3 Å². The highest BCUT2D eigenvalue weighted by molar-refractivity contribution is 5.63. The van der Waals surface area contributed by atoms with Crippen molar-refractivity contribution in [2.75, 3.05) is 18.5 Å². The van der Waals surface area contributed by atoms with Gasteiger partial charge >= 0.3 is 0 Å². The van der Waals surface area contributed by atoms with Crippen molar-refractivity contribution in [2.45, 2.75) is 25.8 Å². The average Bonchev–Trinajstić information content (AvgIpc) is 2.26. The van der Waals surface area contributed by atoms with E-state index in [2.05, 4.69) is 18.3 Å². The number of para-hydroxylation sites is 1. The fourth-order valence-corrected chi connectivity index (χ4v) is 1.92. The quantitative estimate of drug-likeness (QED) is 0.794. The van der Waals surface area contributed by atoms with Crippen LogP contribution in [0.15, 0.2) is 18.2 Å². The zero-order chi connectivity index (χ0) is 10.7. The summed E-state index contributed by atoms with van der Waals surface area (Å²) in [6.07, 6.45) is 2.26. The molecule has 3 nitrogen and oxygen atoms in total. The summed E-state index contributed by atoms with van der Waals surface area (Å²) in [7, 11) is 0. The van der Waals surface area contributed by atoms with E-state index in [4.69, 9.17) is 9.84 Å². The molecule has 1 heterocycles. The van der Waals surface area contributed by atoms with Crippen molar-refractivity contribution < 1.29 is 9.84 Å². The Labute approximate surface area is 90.1 Å². The molecule has 15 heavy (non-hydrogen) atoms. The molecule has 1 atom stereocenters. The number of anilines is 1. The SMILES string of the molecule is CC1CCc2cccc(OCCO)c2N1. The summed E-state index contributed by atoms with van der Waals surface area (Å²) in [6, 6.07) is 6.57. The third-order valence-electron chi connectivity index (χ3n) is 2.70. The van der Waals surface area contributed by atoms with Gasteiger partial charge in [0.1, 0.15) is 12.4 Å². The van der Waals surface area contributed by atoms with Crippen LogP contribution in [0.25, 0.3) is 0 Å². The summed E-state index contributed by atoms with van der Waals surface area (Å²) in [5.74, 6) is 0.855. The maximum atomic E-state index is 8.74. The lowest BCUT2D eigenvalue weighted by atomic mass is 9.98. The van der Waals surface area contributed by atoms with Crippen LogP contribution in [0.3, 0.4) is 0 Å². The van der Waals surface area contributed by atoms with Crippen molar-refractivity contribution in [2.24, 2.45) is 0 Å². The zero-order valence-electron chi connectivity index (χ0n) is 8.99. The van der Waals surface area contributed by atoms with E-state index in [9.17, 15) is 0 Å². The molecular weight excluding hydrogens is 190 g/mol. The van der Waals surface area contributed by atoms with E-state index in [1.807, 2.05) is 12.1 Å². The lowest BCUT2D eigenvalue weighted by Gasteiger charge is -2.26. The van der Waals surface area contributed by atoms with E-state index < -0.39 is 0 Å².